The van der Waals surface area contributed by atoms with E-state index in [1.807, 2.05) is 6.08 Å². The fraction of sp³-hybridized carbons (Fsp3) is 0.286. The van der Waals surface area contributed by atoms with Gasteiger partial charge in [-0.15, -0.1) is 0 Å². The smallest absolute Gasteiger partial charge is 0.307 e. The van der Waals surface area contributed by atoms with E-state index in [0.29, 0.717) is 28.5 Å². The number of benzene rings is 1. The lowest BCUT2D eigenvalue weighted by molar-refractivity contribution is -0.143. The van der Waals surface area contributed by atoms with Crippen molar-refractivity contribution in [2.24, 2.45) is 11.8 Å². The highest BCUT2D eigenvalue weighted by atomic mass is 35.5. The fourth-order valence-corrected chi connectivity index (χ4v) is 2.81. The van der Waals surface area contributed by atoms with Crippen LogP contribution in [0.2, 0.25) is 10.0 Å². The van der Waals surface area contributed by atoms with Gasteiger partial charge in [0.2, 0.25) is 0 Å². The third-order valence-corrected chi connectivity index (χ3v) is 3.67. The molecule has 1 N–H and O–H groups in total. The number of carbonyl (C=O) groups excluding carboxylic acids is 1. The van der Waals surface area contributed by atoms with Crippen molar-refractivity contribution in [3.63, 3.8) is 0 Å². The van der Waals surface area contributed by atoms with E-state index in [2.05, 4.69) is 0 Å². The van der Waals surface area contributed by atoms with Crippen LogP contribution in [0, 0.1) is 11.8 Å². The molecule has 2 rings (SSSR count). The first-order valence-electron chi connectivity index (χ1n) is 5.87. The van der Waals surface area contributed by atoms with Crippen molar-refractivity contribution in [2.45, 2.75) is 12.8 Å². The molecule has 0 spiro atoms. The van der Waals surface area contributed by atoms with Gasteiger partial charge in [-0.1, -0.05) is 35.4 Å². The van der Waals surface area contributed by atoms with Gasteiger partial charge in [-0.25, -0.2) is 0 Å². The lowest BCUT2D eigenvalue weighted by Crippen LogP contribution is -2.31. The topological polar surface area (TPSA) is 54.4 Å². The van der Waals surface area contributed by atoms with E-state index in [1.54, 1.807) is 6.08 Å². The summed E-state index contributed by atoms with van der Waals surface area (Å²) in [6.07, 6.45) is 4.45. The molecule has 19 heavy (non-hydrogen) atoms. The SMILES string of the molecule is O=C(O)C1CC=CCC1C(=O)c1cc(Cl)cc(Cl)c1. The second kappa shape index (κ2) is 5.76. The Kier molecular flexibility index (Phi) is 4.27. The summed E-state index contributed by atoms with van der Waals surface area (Å²) in [6, 6.07) is 4.58. The number of Topliss-reactive ketones (excluding diaryl/α,β-unsaturated/α-hetero) is 1. The van der Waals surface area contributed by atoms with Gasteiger partial charge in [0.15, 0.2) is 5.78 Å². The number of ketones is 1. The Morgan fingerprint density at radius 2 is 1.53 bits per heavy atom. The van der Waals surface area contributed by atoms with Crippen LogP contribution in [0.15, 0.2) is 30.4 Å². The molecule has 0 aromatic heterocycles. The summed E-state index contributed by atoms with van der Waals surface area (Å²) in [6.45, 7) is 0. The Labute approximate surface area is 120 Å². The number of rotatable bonds is 3. The molecule has 0 aliphatic heterocycles. The molecule has 1 aliphatic carbocycles. The molecular formula is C14H12Cl2O3. The average molecular weight is 299 g/mol. The zero-order valence-electron chi connectivity index (χ0n) is 9.98. The van der Waals surface area contributed by atoms with Crippen molar-refractivity contribution < 1.29 is 14.7 Å². The summed E-state index contributed by atoms with van der Waals surface area (Å²) in [5.74, 6) is -2.41. The highest BCUT2D eigenvalue weighted by molar-refractivity contribution is 6.35. The lowest BCUT2D eigenvalue weighted by Gasteiger charge is -2.24. The first-order valence-corrected chi connectivity index (χ1v) is 6.62. The molecule has 100 valence electrons. The maximum absolute atomic E-state index is 12.4. The van der Waals surface area contributed by atoms with Gasteiger partial charge in [-0.2, -0.15) is 0 Å². The van der Waals surface area contributed by atoms with Crippen LogP contribution in [0.3, 0.4) is 0 Å². The standard InChI is InChI=1S/C14H12Cl2O3/c15-9-5-8(6-10(16)7-9)13(17)11-3-1-2-4-12(11)14(18)19/h1-2,5-7,11-12H,3-4H2,(H,18,19). The predicted molar refractivity (Wildman–Crippen MR) is 73.8 cm³/mol. The molecule has 3 nitrogen and oxygen atoms in total. The molecule has 1 aromatic rings. The largest absolute Gasteiger partial charge is 0.481 e. The van der Waals surface area contributed by atoms with E-state index >= 15 is 0 Å². The predicted octanol–water partition coefficient (Wildman–Crippen LogP) is 3.84. The van der Waals surface area contributed by atoms with Crippen molar-refractivity contribution >= 4 is 35.0 Å². The van der Waals surface area contributed by atoms with E-state index in [1.165, 1.54) is 18.2 Å². The molecule has 0 saturated carbocycles. The van der Waals surface area contributed by atoms with Gasteiger partial charge in [0.1, 0.15) is 0 Å². The van der Waals surface area contributed by atoms with Crippen LogP contribution in [0.4, 0.5) is 0 Å². The number of carbonyl (C=O) groups is 2. The van der Waals surface area contributed by atoms with Gasteiger partial charge >= 0.3 is 5.97 Å². The van der Waals surface area contributed by atoms with E-state index < -0.39 is 17.8 Å². The summed E-state index contributed by atoms with van der Waals surface area (Å²) in [5.41, 5.74) is 0.365. The molecule has 0 heterocycles. The molecule has 2 atom stereocenters. The third kappa shape index (κ3) is 3.17. The molecule has 1 aliphatic rings. The van der Waals surface area contributed by atoms with Crippen molar-refractivity contribution in [2.75, 3.05) is 0 Å². The number of halogens is 2. The summed E-state index contributed by atoms with van der Waals surface area (Å²) >= 11 is 11.7. The van der Waals surface area contributed by atoms with E-state index in [4.69, 9.17) is 23.2 Å². The zero-order valence-corrected chi connectivity index (χ0v) is 11.5. The monoisotopic (exact) mass is 298 g/mol. The van der Waals surface area contributed by atoms with Gasteiger partial charge in [0.25, 0.3) is 0 Å². The van der Waals surface area contributed by atoms with Gasteiger partial charge in [0, 0.05) is 21.5 Å². The molecule has 2 unspecified atom stereocenters. The Hall–Kier alpha value is -1.32. The lowest BCUT2D eigenvalue weighted by atomic mass is 9.78. The van der Waals surface area contributed by atoms with E-state index in [9.17, 15) is 14.7 Å². The Morgan fingerprint density at radius 3 is 2.05 bits per heavy atom. The maximum Gasteiger partial charge on any atom is 0.307 e. The van der Waals surface area contributed by atoms with Crippen LogP contribution < -0.4 is 0 Å². The summed E-state index contributed by atoms with van der Waals surface area (Å²) < 4.78 is 0. The molecule has 5 heteroatoms. The van der Waals surface area contributed by atoms with E-state index in [-0.39, 0.29) is 5.78 Å². The number of carboxylic acids is 1. The fourth-order valence-electron chi connectivity index (χ4n) is 2.29. The minimum Gasteiger partial charge on any atom is -0.481 e. The third-order valence-electron chi connectivity index (χ3n) is 3.23. The normalized spacial score (nSPS) is 22.2. The minimum atomic E-state index is -0.948. The molecular weight excluding hydrogens is 287 g/mol. The van der Waals surface area contributed by atoms with Crippen molar-refractivity contribution in [3.8, 4) is 0 Å². The highest BCUT2D eigenvalue weighted by Crippen LogP contribution is 2.30. The van der Waals surface area contributed by atoms with Crippen LogP contribution in [-0.4, -0.2) is 16.9 Å². The summed E-state index contributed by atoms with van der Waals surface area (Å²) in [7, 11) is 0. The van der Waals surface area contributed by atoms with E-state index in [0.717, 1.165) is 0 Å². The first-order chi connectivity index (χ1) is 8.99. The highest BCUT2D eigenvalue weighted by Gasteiger charge is 2.34. The summed E-state index contributed by atoms with van der Waals surface area (Å²) in [4.78, 5) is 23.6. The van der Waals surface area contributed by atoms with Gasteiger partial charge in [0.05, 0.1) is 5.92 Å². The molecule has 0 bridgehead atoms. The Morgan fingerprint density at radius 1 is 1.00 bits per heavy atom. The quantitative estimate of drug-likeness (QED) is 0.681. The zero-order chi connectivity index (χ0) is 14.0. The van der Waals surface area contributed by atoms with Crippen LogP contribution in [-0.2, 0) is 4.79 Å². The number of hydrogen-bond acceptors (Lipinski definition) is 2. The average Bonchev–Trinajstić information content (AvgIpc) is 2.36. The van der Waals surface area contributed by atoms with Gasteiger partial charge in [-0.05, 0) is 31.0 Å². The van der Waals surface area contributed by atoms with Crippen molar-refractivity contribution in [1.29, 1.82) is 0 Å². The van der Waals surface area contributed by atoms with Crippen LogP contribution in [0.25, 0.3) is 0 Å². The molecule has 1 aromatic carbocycles. The molecule has 0 saturated heterocycles. The van der Waals surface area contributed by atoms with Crippen LogP contribution in [0.1, 0.15) is 23.2 Å². The molecule has 0 radical (unpaired) electrons. The number of allylic oxidation sites excluding steroid dienone is 2. The molecule has 0 amide bonds. The maximum atomic E-state index is 12.4. The number of hydrogen-bond donors (Lipinski definition) is 1. The minimum absolute atomic E-state index is 0.221. The van der Waals surface area contributed by atoms with Crippen LogP contribution in [0.5, 0.6) is 0 Å². The van der Waals surface area contributed by atoms with Gasteiger partial charge in [-0.3, -0.25) is 9.59 Å². The van der Waals surface area contributed by atoms with Crippen LogP contribution >= 0.6 is 23.2 Å². The number of carboxylic acid groups (broad SMARTS) is 1. The van der Waals surface area contributed by atoms with Gasteiger partial charge < -0.3 is 5.11 Å². The van der Waals surface area contributed by atoms with Crippen molar-refractivity contribution in [1.82, 2.24) is 0 Å². The summed E-state index contributed by atoms with van der Waals surface area (Å²) in [5, 5.41) is 9.91. The number of aliphatic carboxylic acids is 1. The Bertz CT molecular complexity index is 531. The first kappa shape index (κ1) is 14.1. The second-order valence-corrected chi connectivity index (χ2v) is 5.39. The van der Waals surface area contributed by atoms with Crippen molar-refractivity contribution in [3.05, 3.63) is 46.0 Å². The second-order valence-electron chi connectivity index (χ2n) is 4.52. The molecule has 0 fully saturated rings. The Balaban J connectivity index is 2.31.